The zero-order chi connectivity index (χ0) is 14.4. The van der Waals surface area contributed by atoms with Crippen LogP contribution in [0.5, 0.6) is 0 Å². The molecule has 1 saturated heterocycles. The van der Waals surface area contributed by atoms with Crippen molar-refractivity contribution in [3.05, 3.63) is 23.9 Å². The molecule has 0 radical (unpaired) electrons. The molecule has 2 unspecified atom stereocenters. The fourth-order valence-corrected chi connectivity index (χ4v) is 2.36. The summed E-state index contributed by atoms with van der Waals surface area (Å²) in [5, 5.41) is 12.5. The van der Waals surface area contributed by atoms with Crippen LogP contribution in [-0.4, -0.2) is 53.4 Å². The molecule has 5 heteroatoms. The van der Waals surface area contributed by atoms with E-state index in [1.807, 2.05) is 12.3 Å². The highest BCUT2D eigenvalue weighted by atomic mass is 16.5. The number of hydrogen-bond donors (Lipinski definition) is 2. The third-order valence-electron chi connectivity index (χ3n) is 3.60. The van der Waals surface area contributed by atoms with Gasteiger partial charge in [0.25, 0.3) is 0 Å². The standard InChI is InChI=1S/C15H25N3O2/c1-3-5-16-15-7-13(4-6-17-15)8-18-9-14(10-19)20-11-12(18)2/h4,6-7,12,14,19H,3,5,8-11H2,1-2H3,(H,16,17). The van der Waals surface area contributed by atoms with Crippen LogP contribution in [0.15, 0.2) is 18.3 Å². The number of rotatable bonds is 6. The van der Waals surface area contributed by atoms with Crippen LogP contribution in [0.2, 0.25) is 0 Å². The van der Waals surface area contributed by atoms with Crippen molar-refractivity contribution in [1.82, 2.24) is 9.88 Å². The summed E-state index contributed by atoms with van der Waals surface area (Å²) in [6.45, 7) is 7.64. The molecule has 20 heavy (non-hydrogen) atoms. The van der Waals surface area contributed by atoms with E-state index in [1.165, 1.54) is 5.56 Å². The van der Waals surface area contributed by atoms with E-state index in [9.17, 15) is 5.11 Å². The first kappa shape index (κ1) is 15.2. The predicted octanol–water partition coefficient (Wildman–Crippen LogP) is 1.49. The second-order valence-electron chi connectivity index (χ2n) is 5.39. The minimum atomic E-state index is -0.0641. The summed E-state index contributed by atoms with van der Waals surface area (Å²) in [7, 11) is 0. The number of hydrogen-bond acceptors (Lipinski definition) is 5. The second kappa shape index (κ2) is 7.57. The highest BCUT2D eigenvalue weighted by Gasteiger charge is 2.25. The van der Waals surface area contributed by atoms with Gasteiger partial charge in [-0.15, -0.1) is 0 Å². The first-order chi connectivity index (χ1) is 9.72. The van der Waals surface area contributed by atoms with E-state index in [4.69, 9.17) is 4.74 Å². The number of pyridine rings is 1. The maximum Gasteiger partial charge on any atom is 0.126 e. The van der Waals surface area contributed by atoms with Crippen LogP contribution in [0, 0.1) is 0 Å². The molecule has 2 N–H and O–H groups in total. The number of morpholine rings is 1. The van der Waals surface area contributed by atoms with Crippen LogP contribution in [0.25, 0.3) is 0 Å². The average Bonchev–Trinajstić information content (AvgIpc) is 2.48. The molecule has 1 aromatic rings. The number of nitrogens with one attached hydrogen (secondary N) is 1. The topological polar surface area (TPSA) is 57.6 Å². The van der Waals surface area contributed by atoms with E-state index in [0.717, 1.165) is 31.9 Å². The molecule has 0 amide bonds. The van der Waals surface area contributed by atoms with Gasteiger partial charge in [-0.3, -0.25) is 4.90 Å². The molecule has 0 saturated carbocycles. The zero-order valence-corrected chi connectivity index (χ0v) is 12.4. The summed E-state index contributed by atoms with van der Waals surface area (Å²) in [4.78, 5) is 6.68. The molecule has 112 valence electrons. The van der Waals surface area contributed by atoms with Crippen molar-refractivity contribution in [1.29, 1.82) is 0 Å². The summed E-state index contributed by atoms with van der Waals surface area (Å²) in [5.41, 5.74) is 1.24. The Kier molecular flexibility index (Phi) is 5.76. The van der Waals surface area contributed by atoms with E-state index in [-0.39, 0.29) is 12.7 Å². The van der Waals surface area contributed by atoms with E-state index in [0.29, 0.717) is 12.6 Å². The lowest BCUT2D eigenvalue weighted by atomic mass is 10.1. The Morgan fingerprint density at radius 2 is 2.40 bits per heavy atom. The van der Waals surface area contributed by atoms with Crippen LogP contribution in [-0.2, 0) is 11.3 Å². The number of aromatic nitrogens is 1. The molecule has 5 nitrogen and oxygen atoms in total. The molecule has 1 aromatic heterocycles. The van der Waals surface area contributed by atoms with Crippen molar-refractivity contribution < 1.29 is 9.84 Å². The van der Waals surface area contributed by atoms with Gasteiger partial charge in [-0.05, 0) is 31.0 Å². The Morgan fingerprint density at radius 3 is 3.15 bits per heavy atom. The zero-order valence-electron chi connectivity index (χ0n) is 12.4. The van der Waals surface area contributed by atoms with Crippen molar-refractivity contribution in [3.63, 3.8) is 0 Å². The van der Waals surface area contributed by atoms with Gasteiger partial charge in [-0.2, -0.15) is 0 Å². The van der Waals surface area contributed by atoms with Gasteiger partial charge in [0.05, 0.1) is 19.3 Å². The van der Waals surface area contributed by atoms with Gasteiger partial charge in [0.1, 0.15) is 5.82 Å². The van der Waals surface area contributed by atoms with Crippen molar-refractivity contribution in [2.75, 3.05) is 31.6 Å². The molecule has 1 aliphatic rings. The molecule has 0 bridgehead atoms. The van der Waals surface area contributed by atoms with Crippen LogP contribution in [0.4, 0.5) is 5.82 Å². The third-order valence-corrected chi connectivity index (χ3v) is 3.60. The number of ether oxygens (including phenoxy) is 1. The number of anilines is 1. The van der Waals surface area contributed by atoms with E-state index < -0.39 is 0 Å². The fraction of sp³-hybridized carbons (Fsp3) is 0.667. The smallest absolute Gasteiger partial charge is 0.126 e. The SMILES string of the molecule is CCCNc1cc(CN2CC(CO)OCC2C)ccn1. The van der Waals surface area contributed by atoms with E-state index >= 15 is 0 Å². The quantitative estimate of drug-likeness (QED) is 0.826. The van der Waals surface area contributed by atoms with Gasteiger partial charge in [0, 0.05) is 31.9 Å². The van der Waals surface area contributed by atoms with Gasteiger partial charge < -0.3 is 15.2 Å². The third kappa shape index (κ3) is 4.16. The van der Waals surface area contributed by atoms with E-state index in [1.54, 1.807) is 0 Å². The monoisotopic (exact) mass is 279 g/mol. The predicted molar refractivity (Wildman–Crippen MR) is 79.7 cm³/mol. The molecule has 2 heterocycles. The summed E-state index contributed by atoms with van der Waals surface area (Å²) >= 11 is 0. The minimum Gasteiger partial charge on any atom is -0.394 e. The molecular formula is C15H25N3O2. The Bertz CT molecular complexity index is 414. The van der Waals surface area contributed by atoms with Crippen LogP contribution in [0.3, 0.4) is 0 Å². The van der Waals surface area contributed by atoms with Crippen molar-refractivity contribution in [2.24, 2.45) is 0 Å². The number of aliphatic hydroxyl groups is 1. The number of aliphatic hydroxyl groups excluding tert-OH is 1. The number of nitrogens with zero attached hydrogens (tertiary/aromatic N) is 2. The lowest BCUT2D eigenvalue weighted by Crippen LogP contribution is -2.48. The Balaban J connectivity index is 1.97. The van der Waals surface area contributed by atoms with Crippen molar-refractivity contribution in [2.45, 2.75) is 39.0 Å². The molecule has 1 fully saturated rings. The van der Waals surface area contributed by atoms with Crippen molar-refractivity contribution in [3.8, 4) is 0 Å². The normalized spacial score (nSPS) is 23.8. The maximum atomic E-state index is 9.23. The highest BCUT2D eigenvalue weighted by molar-refractivity contribution is 5.37. The molecule has 0 spiro atoms. The maximum absolute atomic E-state index is 9.23. The Hall–Kier alpha value is -1.17. The lowest BCUT2D eigenvalue weighted by molar-refractivity contribution is -0.0805. The van der Waals surface area contributed by atoms with Crippen LogP contribution in [0.1, 0.15) is 25.8 Å². The second-order valence-corrected chi connectivity index (χ2v) is 5.39. The first-order valence-corrected chi connectivity index (χ1v) is 7.38. The fourth-order valence-electron chi connectivity index (χ4n) is 2.36. The van der Waals surface area contributed by atoms with Gasteiger partial charge in [-0.25, -0.2) is 4.98 Å². The molecule has 0 aromatic carbocycles. The van der Waals surface area contributed by atoms with Gasteiger partial charge in [0.2, 0.25) is 0 Å². The van der Waals surface area contributed by atoms with Gasteiger partial charge in [0.15, 0.2) is 0 Å². The van der Waals surface area contributed by atoms with Crippen molar-refractivity contribution >= 4 is 5.82 Å². The summed E-state index contributed by atoms with van der Waals surface area (Å²) < 4.78 is 5.57. The molecule has 1 aliphatic heterocycles. The van der Waals surface area contributed by atoms with Crippen LogP contribution < -0.4 is 5.32 Å². The van der Waals surface area contributed by atoms with Gasteiger partial charge >= 0.3 is 0 Å². The molecule has 2 rings (SSSR count). The molecule has 0 aliphatic carbocycles. The average molecular weight is 279 g/mol. The molecular weight excluding hydrogens is 254 g/mol. The first-order valence-electron chi connectivity index (χ1n) is 7.38. The lowest BCUT2D eigenvalue weighted by Gasteiger charge is -2.37. The highest BCUT2D eigenvalue weighted by Crippen LogP contribution is 2.16. The largest absolute Gasteiger partial charge is 0.394 e. The van der Waals surface area contributed by atoms with Crippen LogP contribution >= 0.6 is 0 Å². The van der Waals surface area contributed by atoms with Gasteiger partial charge in [-0.1, -0.05) is 6.92 Å². The van der Waals surface area contributed by atoms with E-state index in [2.05, 4.69) is 35.1 Å². The summed E-state index contributed by atoms with van der Waals surface area (Å²) in [6.07, 6.45) is 2.87. The Morgan fingerprint density at radius 1 is 1.55 bits per heavy atom. The summed E-state index contributed by atoms with van der Waals surface area (Å²) in [6, 6.07) is 4.53. The molecule has 2 atom stereocenters. The summed E-state index contributed by atoms with van der Waals surface area (Å²) in [5.74, 6) is 0.934. The Labute approximate surface area is 121 Å². The minimum absolute atomic E-state index is 0.0641.